The van der Waals surface area contributed by atoms with E-state index in [4.69, 9.17) is 0 Å². The minimum Gasteiger partial charge on any atom is -0.393 e. The van der Waals surface area contributed by atoms with Crippen molar-refractivity contribution < 1.29 is 9.90 Å². The van der Waals surface area contributed by atoms with Gasteiger partial charge in [0, 0.05) is 31.1 Å². The van der Waals surface area contributed by atoms with Crippen LogP contribution in [0.1, 0.15) is 64.7 Å². The summed E-state index contributed by atoms with van der Waals surface area (Å²) in [6.45, 7) is 5.11. The van der Waals surface area contributed by atoms with E-state index >= 15 is 0 Å². The molecule has 2 unspecified atom stereocenters. The van der Waals surface area contributed by atoms with Crippen molar-refractivity contribution in [2.24, 2.45) is 11.8 Å². The summed E-state index contributed by atoms with van der Waals surface area (Å²) in [5, 5.41) is 16.1. The number of nitrogens with one attached hydrogen (secondary N) is 2. The van der Waals surface area contributed by atoms with Crippen LogP contribution in [0.15, 0.2) is 0 Å². The number of amides is 2. The van der Waals surface area contributed by atoms with Crippen molar-refractivity contribution in [3.8, 4) is 0 Å². The van der Waals surface area contributed by atoms with Crippen LogP contribution in [0.5, 0.6) is 0 Å². The molecule has 3 aliphatic rings. The number of carbonyl (C=O) groups is 1. The molecule has 138 valence electrons. The molecule has 1 aliphatic heterocycles. The van der Waals surface area contributed by atoms with E-state index in [0.29, 0.717) is 12.5 Å². The molecule has 3 fully saturated rings. The van der Waals surface area contributed by atoms with Crippen LogP contribution >= 0.6 is 0 Å². The van der Waals surface area contributed by atoms with E-state index < -0.39 is 0 Å². The Morgan fingerprint density at radius 2 is 1.92 bits per heavy atom. The zero-order valence-corrected chi connectivity index (χ0v) is 15.2. The summed E-state index contributed by atoms with van der Waals surface area (Å²) in [5.41, 5.74) is 0. The summed E-state index contributed by atoms with van der Waals surface area (Å²) in [4.78, 5) is 14.9. The Bertz CT molecular complexity index is 413. The largest absolute Gasteiger partial charge is 0.393 e. The summed E-state index contributed by atoms with van der Waals surface area (Å²) in [5.74, 6) is 0.786. The van der Waals surface area contributed by atoms with Gasteiger partial charge in [0.15, 0.2) is 0 Å². The molecule has 5 nitrogen and oxygen atoms in total. The molecule has 24 heavy (non-hydrogen) atoms. The van der Waals surface area contributed by atoms with E-state index in [-0.39, 0.29) is 24.1 Å². The van der Waals surface area contributed by atoms with Gasteiger partial charge in [-0.2, -0.15) is 0 Å². The highest BCUT2D eigenvalue weighted by molar-refractivity contribution is 5.74. The Labute approximate surface area is 146 Å². The van der Waals surface area contributed by atoms with Gasteiger partial charge in [-0.15, -0.1) is 0 Å². The van der Waals surface area contributed by atoms with Crippen LogP contribution in [0.2, 0.25) is 0 Å². The second-order valence-corrected chi connectivity index (χ2v) is 8.24. The monoisotopic (exact) mass is 337 g/mol. The maximum atomic E-state index is 12.2. The van der Waals surface area contributed by atoms with Crippen molar-refractivity contribution in [1.82, 2.24) is 15.5 Å². The topological polar surface area (TPSA) is 64.6 Å². The minimum atomic E-state index is -0.245. The predicted molar refractivity (Wildman–Crippen MR) is 95.9 cm³/mol. The van der Waals surface area contributed by atoms with Gasteiger partial charge in [-0.25, -0.2) is 4.79 Å². The molecular formula is C19H35N3O2. The first kappa shape index (κ1) is 18.0. The highest BCUT2D eigenvalue weighted by Gasteiger charge is 2.32. The van der Waals surface area contributed by atoms with Crippen LogP contribution in [-0.2, 0) is 0 Å². The number of hydrogen-bond acceptors (Lipinski definition) is 3. The van der Waals surface area contributed by atoms with Crippen LogP contribution in [0, 0.1) is 11.8 Å². The molecule has 2 amide bonds. The van der Waals surface area contributed by atoms with Crippen LogP contribution < -0.4 is 10.6 Å². The minimum absolute atomic E-state index is 0.0685. The van der Waals surface area contributed by atoms with Crippen LogP contribution in [0.4, 0.5) is 4.79 Å². The third-order valence-corrected chi connectivity index (χ3v) is 6.54. The molecule has 0 bridgehead atoms. The zero-order valence-electron chi connectivity index (χ0n) is 15.2. The van der Waals surface area contributed by atoms with Crippen molar-refractivity contribution >= 4 is 6.03 Å². The number of nitrogens with zero attached hydrogens (tertiary/aromatic N) is 1. The molecule has 5 heteroatoms. The van der Waals surface area contributed by atoms with Crippen molar-refractivity contribution in [3.05, 3.63) is 0 Å². The van der Waals surface area contributed by atoms with Gasteiger partial charge in [0.1, 0.15) is 0 Å². The van der Waals surface area contributed by atoms with Crippen LogP contribution in [0.25, 0.3) is 0 Å². The van der Waals surface area contributed by atoms with E-state index in [1.54, 1.807) is 0 Å². The Morgan fingerprint density at radius 1 is 1.12 bits per heavy atom. The van der Waals surface area contributed by atoms with Gasteiger partial charge < -0.3 is 20.6 Å². The normalized spacial score (nSPS) is 33.5. The molecule has 3 rings (SSSR count). The summed E-state index contributed by atoms with van der Waals surface area (Å²) in [6, 6.07) is 0.951. The van der Waals surface area contributed by atoms with Crippen LogP contribution in [0.3, 0.4) is 0 Å². The maximum Gasteiger partial charge on any atom is 0.315 e. The first-order valence-electron chi connectivity index (χ1n) is 10.1. The lowest BCUT2D eigenvalue weighted by molar-refractivity contribution is 0.0663. The number of hydrogen-bond donors (Lipinski definition) is 3. The molecule has 0 aromatic heterocycles. The molecule has 2 saturated carbocycles. The third kappa shape index (κ3) is 4.63. The lowest BCUT2D eigenvalue weighted by Gasteiger charge is -2.43. The van der Waals surface area contributed by atoms with E-state index in [9.17, 15) is 9.90 Å². The van der Waals surface area contributed by atoms with Crippen LogP contribution in [-0.4, -0.2) is 53.9 Å². The van der Waals surface area contributed by atoms with Crippen molar-refractivity contribution in [1.29, 1.82) is 0 Å². The second kappa shape index (κ2) is 8.52. The summed E-state index contributed by atoms with van der Waals surface area (Å²) in [6.07, 6.45) is 10.5. The van der Waals surface area contributed by atoms with Crippen molar-refractivity contribution in [2.75, 3.05) is 19.6 Å². The Kier molecular flexibility index (Phi) is 6.39. The van der Waals surface area contributed by atoms with Gasteiger partial charge >= 0.3 is 6.03 Å². The van der Waals surface area contributed by atoms with Gasteiger partial charge in [0.2, 0.25) is 0 Å². The molecule has 0 aromatic carbocycles. The molecule has 3 N–H and O–H groups in total. The van der Waals surface area contributed by atoms with Gasteiger partial charge in [-0.1, -0.05) is 19.3 Å². The van der Waals surface area contributed by atoms with E-state index in [0.717, 1.165) is 31.8 Å². The van der Waals surface area contributed by atoms with Gasteiger partial charge in [-0.3, -0.25) is 0 Å². The Balaban J connectivity index is 1.38. The fourth-order valence-corrected chi connectivity index (χ4v) is 4.56. The molecule has 1 saturated heterocycles. The summed E-state index contributed by atoms with van der Waals surface area (Å²) < 4.78 is 0. The van der Waals surface area contributed by atoms with E-state index in [2.05, 4.69) is 22.5 Å². The Hall–Kier alpha value is -0.810. The Morgan fingerprint density at radius 3 is 2.62 bits per heavy atom. The van der Waals surface area contributed by atoms with E-state index in [1.807, 2.05) is 0 Å². The number of piperidine rings is 1. The number of aliphatic hydroxyl groups excluding tert-OH is 1. The standard InChI is InChI=1S/C19H35N3O2/c1-14(16-7-5-11-22(13-16)17-8-4-9-17)21-19(24)20-12-15-6-2-3-10-18(15)23/h14-18,23H,2-13H2,1H3,(H2,20,21,24)/t14?,15-,16?,18+/m1/s1. The summed E-state index contributed by atoms with van der Waals surface area (Å²) >= 11 is 0. The second-order valence-electron chi connectivity index (χ2n) is 8.24. The molecule has 0 aromatic rings. The number of rotatable bonds is 5. The first-order valence-corrected chi connectivity index (χ1v) is 10.1. The predicted octanol–water partition coefficient (Wildman–Crippen LogP) is 2.49. The number of aliphatic hydroxyl groups is 1. The molecule has 0 radical (unpaired) electrons. The molecule has 2 aliphatic carbocycles. The molecule has 4 atom stereocenters. The lowest BCUT2D eigenvalue weighted by Crippen LogP contribution is -2.52. The number of carbonyl (C=O) groups excluding carboxylic acids is 1. The van der Waals surface area contributed by atoms with Gasteiger partial charge in [-0.05, 0) is 57.9 Å². The third-order valence-electron chi connectivity index (χ3n) is 6.54. The van der Waals surface area contributed by atoms with Crippen molar-refractivity contribution in [2.45, 2.75) is 82.9 Å². The highest BCUT2D eigenvalue weighted by atomic mass is 16.3. The fraction of sp³-hybridized carbons (Fsp3) is 0.947. The zero-order chi connectivity index (χ0) is 16.9. The maximum absolute atomic E-state index is 12.2. The fourth-order valence-electron chi connectivity index (χ4n) is 4.56. The SMILES string of the molecule is CC(NC(=O)NC[C@H]1CCCC[C@@H]1O)C1CCCN(C2CCC2)C1. The van der Waals surface area contributed by atoms with Gasteiger partial charge in [0.05, 0.1) is 6.10 Å². The smallest absolute Gasteiger partial charge is 0.315 e. The number of urea groups is 1. The molecular weight excluding hydrogens is 302 g/mol. The quantitative estimate of drug-likeness (QED) is 0.722. The van der Waals surface area contributed by atoms with Gasteiger partial charge in [0.25, 0.3) is 0 Å². The lowest BCUT2D eigenvalue weighted by atomic mass is 9.85. The highest BCUT2D eigenvalue weighted by Crippen LogP contribution is 2.30. The van der Waals surface area contributed by atoms with E-state index in [1.165, 1.54) is 45.1 Å². The average molecular weight is 338 g/mol. The summed E-state index contributed by atoms with van der Waals surface area (Å²) in [7, 11) is 0. The van der Waals surface area contributed by atoms with Crippen molar-refractivity contribution in [3.63, 3.8) is 0 Å². The molecule has 0 spiro atoms. The molecule has 1 heterocycles. The number of likely N-dealkylation sites (tertiary alicyclic amines) is 1. The first-order chi connectivity index (χ1) is 11.6. The average Bonchev–Trinajstić information content (AvgIpc) is 2.53.